The number of aromatic nitrogens is 2. The summed E-state index contributed by atoms with van der Waals surface area (Å²) in [4.78, 5) is 2.41. The molecule has 2 aromatic rings. The summed E-state index contributed by atoms with van der Waals surface area (Å²) in [6, 6.07) is 8.49. The van der Waals surface area contributed by atoms with Gasteiger partial charge in [0.25, 0.3) is 0 Å². The average molecular weight is 274 g/mol. The van der Waals surface area contributed by atoms with Crippen molar-refractivity contribution >= 4 is 10.9 Å². The zero-order valence-corrected chi connectivity index (χ0v) is 12.7. The van der Waals surface area contributed by atoms with E-state index in [-0.39, 0.29) is 0 Å². The van der Waals surface area contributed by atoms with E-state index in [2.05, 4.69) is 47.7 Å². The molecule has 1 aromatic heterocycles. The van der Waals surface area contributed by atoms with Crippen molar-refractivity contribution in [3.05, 3.63) is 30.0 Å². The Labute approximate surface area is 121 Å². The van der Waals surface area contributed by atoms with Crippen molar-refractivity contribution in [2.75, 3.05) is 19.6 Å². The Bertz CT molecular complexity index is 532. The van der Waals surface area contributed by atoms with Crippen LogP contribution in [0.4, 0.5) is 0 Å². The fourth-order valence-electron chi connectivity index (χ4n) is 2.60. The molecule has 0 saturated heterocycles. The van der Waals surface area contributed by atoms with Crippen molar-refractivity contribution in [3.63, 3.8) is 0 Å². The van der Waals surface area contributed by atoms with Crippen LogP contribution in [0.2, 0.25) is 0 Å². The van der Waals surface area contributed by atoms with E-state index in [9.17, 15) is 0 Å². The zero-order valence-electron chi connectivity index (χ0n) is 12.7. The van der Waals surface area contributed by atoms with Crippen molar-refractivity contribution in [3.8, 4) is 0 Å². The molecule has 4 nitrogen and oxygen atoms in total. The maximum atomic E-state index is 5.73. The third-order valence-electron chi connectivity index (χ3n) is 3.68. The van der Waals surface area contributed by atoms with Crippen LogP contribution in [0.15, 0.2) is 24.3 Å². The molecule has 0 aliphatic rings. The third kappa shape index (κ3) is 3.38. The Morgan fingerprint density at radius 3 is 2.70 bits per heavy atom. The molecule has 2 N–H and O–H groups in total. The van der Waals surface area contributed by atoms with Crippen LogP contribution in [-0.4, -0.2) is 34.3 Å². The Morgan fingerprint density at radius 1 is 1.20 bits per heavy atom. The number of nitrogens with zero attached hydrogens (tertiary/aromatic N) is 3. The summed E-state index contributed by atoms with van der Waals surface area (Å²) in [6.45, 7) is 8.90. The summed E-state index contributed by atoms with van der Waals surface area (Å²) in [5.74, 6) is 0. The van der Waals surface area contributed by atoms with E-state index in [4.69, 9.17) is 10.8 Å². The number of unbranched alkanes of at least 4 members (excludes halogenated alkanes) is 1. The first-order chi connectivity index (χ1) is 9.80. The molecule has 0 bridgehead atoms. The van der Waals surface area contributed by atoms with E-state index in [1.807, 2.05) is 0 Å². The number of hydrogen-bond acceptors (Lipinski definition) is 3. The minimum absolute atomic E-state index is 0.704. The number of rotatable bonds is 8. The normalized spacial score (nSPS) is 11.6. The molecule has 0 radical (unpaired) electrons. The summed E-state index contributed by atoms with van der Waals surface area (Å²) in [5.41, 5.74) is 8.13. The Balaban J connectivity index is 2.22. The van der Waals surface area contributed by atoms with Crippen LogP contribution < -0.4 is 5.73 Å². The lowest BCUT2D eigenvalue weighted by Gasteiger charge is -2.20. The zero-order chi connectivity index (χ0) is 14.4. The monoisotopic (exact) mass is 274 g/mol. The van der Waals surface area contributed by atoms with E-state index in [0.717, 1.165) is 26.2 Å². The molecule has 20 heavy (non-hydrogen) atoms. The van der Waals surface area contributed by atoms with Crippen LogP contribution in [0.3, 0.4) is 0 Å². The fraction of sp³-hybridized carbons (Fsp3) is 0.562. The maximum absolute atomic E-state index is 5.73. The summed E-state index contributed by atoms with van der Waals surface area (Å²) < 4.78 is 2.09. The number of aryl methyl sites for hydroxylation is 1. The summed E-state index contributed by atoms with van der Waals surface area (Å²) in [6.07, 6.45) is 2.43. The van der Waals surface area contributed by atoms with E-state index >= 15 is 0 Å². The predicted molar refractivity (Wildman–Crippen MR) is 84.6 cm³/mol. The first-order valence-electron chi connectivity index (χ1n) is 7.67. The van der Waals surface area contributed by atoms with Gasteiger partial charge in [-0.2, -0.15) is 5.10 Å². The Morgan fingerprint density at radius 2 is 2.00 bits per heavy atom. The number of fused-ring (bicyclic) bond motifs is 1. The minimum Gasteiger partial charge on any atom is -0.329 e. The van der Waals surface area contributed by atoms with Gasteiger partial charge in [0.05, 0.1) is 11.2 Å². The molecule has 1 heterocycles. The highest BCUT2D eigenvalue weighted by Crippen LogP contribution is 2.19. The quantitative estimate of drug-likeness (QED) is 0.805. The van der Waals surface area contributed by atoms with Gasteiger partial charge in [0.2, 0.25) is 0 Å². The van der Waals surface area contributed by atoms with Gasteiger partial charge in [-0.15, -0.1) is 0 Å². The second kappa shape index (κ2) is 7.41. The van der Waals surface area contributed by atoms with E-state index in [1.54, 1.807) is 0 Å². The molecular weight excluding hydrogens is 248 g/mol. The molecule has 4 heteroatoms. The summed E-state index contributed by atoms with van der Waals surface area (Å²) in [7, 11) is 0. The van der Waals surface area contributed by atoms with Gasteiger partial charge in [-0.3, -0.25) is 9.58 Å². The maximum Gasteiger partial charge on any atom is 0.0843 e. The highest BCUT2D eigenvalue weighted by atomic mass is 15.3. The number of nitrogens with two attached hydrogens (primary N) is 1. The van der Waals surface area contributed by atoms with Gasteiger partial charge in [-0.25, -0.2) is 0 Å². The Hall–Kier alpha value is -1.39. The molecule has 0 fully saturated rings. The van der Waals surface area contributed by atoms with Crippen molar-refractivity contribution in [1.29, 1.82) is 0 Å². The summed E-state index contributed by atoms with van der Waals surface area (Å²) in [5, 5.41) is 6.04. The molecule has 0 spiro atoms. The van der Waals surface area contributed by atoms with Gasteiger partial charge in [-0.05, 0) is 26.0 Å². The van der Waals surface area contributed by atoms with Crippen molar-refractivity contribution in [2.24, 2.45) is 5.73 Å². The SMILES string of the molecule is CCCCN(CCN)Cc1nn(CC)c2ccccc12. The first kappa shape index (κ1) is 15.0. The van der Waals surface area contributed by atoms with E-state index in [1.165, 1.54) is 29.4 Å². The van der Waals surface area contributed by atoms with Gasteiger partial charge < -0.3 is 5.73 Å². The van der Waals surface area contributed by atoms with Gasteiger partial charge in [0.1, 0.15) is 0 Å². The standard InChI is InChI=1S/C16H26N4/c1-3-5-11-19(12-10-17)13-15-14-8-6-7-9-16(14)20(4-2)18-15/h6-9H,3-5,10-13,17H2,1-2H3. The van der Waals surface area contributed by atoms with Crippen molar-refractivity contribution in [1.82, 2.24) is 14.7 Å². The molecule has 0 amide bonds. The topological polar surface area (TPSA) is 47.1 Å². The predicted octanol–water partition coefficient (Wildman–Crippen LogP) is 2.62. The largest absolute Gasteiger partial charge is 0.329 e. The molecule has 0 unspecified atom stereocenters. The molecule has 0 atom stereocenters. The fourth-order valence-corrected chi connectivity index (χ4v) is 2.60. The molecule has 0 aliphatic heterocycles. The molecule has 0 aliphatic carbocycles. The van der Waals surface area contributed by atoms with E-state index in [0.29, 0.717) is 6.54 Å². The lowest BCUT2D eigenvalue weighted by atomic mass is 10.2. The minimum atomic E-state index is 0.704. The number of benzene rings is 1. The van der Waals surface area contributed by atoms with Crippen LogP contribution in [-0.2, 0) is 13.1 Å². The molecular formula is C16H26N4. The smallest absolute Gasteiger partial charge is 0.0843 e. The van der Waals surface area contributed by atoms with Gasteiger partial charge in [-0.1, -0.05) is 31.5 Å². The molecule has 0 saturated carbocycles. The van der Waals surface area contributed by atoms with Gasteiger partial charge in [0, 0.05) is 31.6 Å². The Kier molecular flexibility index (Phi) is 5.56. The first-order valence-corrected chi connectivity index (χ1v) is 7.67. The highest BCUT2D eigenvalue weighted by molar-refractivity contribution is 5.81. The van der Waals surface area contributed by atoms with Crippen LogP contribution >= 0.6 is 0 Å². The van der Waals surface area contributed by atoms with Gasteiger partial charge in [0.15, 0.2) is 0 Å². The van der Waals surface area contributed by atoms with Crippen LogP contribution in [0, 0.1) is 0 Å². The molecule has 1 aromatic carbocycles. The lowest BCUT2D eigenvalue weighted by molar-refractivity contribution is 0.265. The average Bonchev–Trinajstić information content (AvgIpc) is 2.83. The van der Waals surface area contributed by atoms with Gasteiger partial charge >= 0.3 is 0 Å². The van der Waals surface area contributed by atoms with Crippen molar-refractivity contribution in [2.45, 2.75) is 39.8 Å². The molecule has 2 rings (SSSR count). The van der Waals surface area contributed by atoms with Crippen LogP contribution in [0.1, 0.15) is 32.4 Å². The number of para-hydroxylation sites is 1. The second-order valence-electron chi connectivity index (χ2n) is 5.20. The van der Waals surface area contributed by atoms with Crippen LogP contribution in [0.5, 0.6) is 0 Å². The third-order valence-corrected chi connectivity index (χ3v) is 3.68. The summed E-state index contributed by atoms with van der Waals surface area (Å²) >= 11 is 0. The number of hydrogen-bond donors (Lipinski definition) is 1. The molecule has 110 valence electrons. The van der Waals surface area contributed by atoms with Crippen molar-refractivity contribution < 1.29 is 0 Å². The van der Waals surface area contributed by atoms with Crippen LogP contribution in [0.25, 0.3) is 10.9 Å². The second-order valence-corrected chi connectivity index (χ2v) is 5.20. The highest BCUT2D eigenvalue weighted by Gasteiger charge is 2.12. The van der Waals surface area contributed by atoms with E-state index < -0.39 is 0 Å². The lowest BCUT2D eigenvalue weighted by Crippen LogP contribution is -2.30.